The van der Waals surface area contributed by atoms with Gasteiger partial charge in [-0.2, -0.15) is 5.10 Å². The second-order valence-electron chi connectivity index (χ2n) is 6.73. The van der Waals surface area contributed by atoms with Crippen molar-refractivity contribution in [2.24, 2.45) is 0 Å². The van der Waals surface area contributed by atoms with Crippen LogP contribution in [-0.2, 0) is 4.79 Å². The smallest absolute Gasteiger partial charge is 0.276 e. The van der Waals surface area contributed by atoms with Crippen molar-refractivity contribution in [3.05, 3.63) is 77.1 Å². The lowest BCUT2D eigenvalue weighted by Gasteiger charge is -2.13. The van der Waals surface area contributed by atoms with Gasteiger partial charge in [-0.05, 0) is 62.2 Å². The van der Waals surface area contributed by atoms with Crippen LogP contribution in [0.4, 0.5) is 20.2 Å². The molecule has 0 aliphatic rings. The molecule has 0 radical (unpaired) electrons. The summed E-state index contributed by atoms with van der Waals surface area (Å²) in [4.78, 5) is 24.7. The fourth-order valence-electron chi connectivity index (χ4n) is 2.58. The summed E-state index contributed by atoms with van der Waals surface area (Å²) in [6.07, 6.45) is 1.49. The first kappa shape index (κ1) is 20.2. The first-order valence-electron chi connectivity index (χ1n) is 8.94. The Hall–Kier alpha value is -3.55. The molecule has 8 heteroatoms. The normalized spacial score (nSPS) is 11.8. The third-order valence-electron chi connectivity index (χ3n) is 4.49. The molecule has 0 aliphatic heterocycles. The summed E-state index contributed by atoms with van der Waals surface area (Å²) < 4.78 is 28.6. The van der Waals surface area contributed by atoms with Crippen molar-refractivity contribution < 1.29 is 18.4 Å². The number of nitrogens with zero attached hydrogens (tertiary/aromatic N) is 2. The van der Waals surface area contributed by atoms with Crippen molar-refractivity contribution in [1.29, 1.82) is 0 Å². The molecule has 1 atom stereocenters. The van der Waals surface area contributed by atoms with Crippen LogP contribution in [0.15, 0.2) is 48.7 Å². The SMILES string of the molecule is Cc1ccc(NC(=O)c2ccn(C(C)C(=O)Nc3ccc(C)c(F)c3)n2)cc1F. The zero-order valence-electron chi connectivity index (χ0n) is 16.2. The van der Waals surface area contributed by atoms with Gasteiger partial charge in [-0.25, -0.2) is 8.78 Å². The van der Waals surface area contributed by atoms with Gasteiger partial charge in [0.05, 0.1) is 0 Å². The largest absolute Gasteiger partial charge is 0.324 e. The molecule has 0 spiro atoms. The quantitative estimate of drug-likeness (QED) is 0.675. The van der Waals surface area contributed by atoms with Crippen LogP contribution in [0, 0.1) is 25.5 Å². The van der Waals surface area contributed by atoms with E-state index >= 15 is 0 Å². The summed E-state index contributed by atoms with van der Waals surface area (Å²) in [5, 5.41) is 9.29. The highest BCUT2D eigenvalue weighted by Crippen LogP contribution is 2.17. The standard InChI is InChI=1S/C21H20F2N4O2/c1-12-4-6-15(10-17(12)22)24-20(28)14(3)27-9-8-19(26-27)21(29)25-16-7-5-13(2)18(23)11-16/h4-11,14H,1-3H3,(H,24,28)(H,25,29). The minimum atomic E-state index is -0.738. The van der Waals surface area contributed by atoms with Gasteiger partial charge in [0, 0.05) is 17.6 Å². The van der Waals surface area contributed by atoms with Gasteiger partial charge in [0.1, 0.15) is 17.7 Å². The number of carbonyl (C=O) groups excluding carboxylic acids is 2. The second kappa shape index (κ2) is 8.22. The van der Waals surface area contributed by atoms with Crippen LogP contribution in [0.1, 0.15) is 34.6 Å². The molecule has 6 nitrogen and oxygen atoms in total. The fourth-order valence-corrected chi connectivity index (χ4v) is 2.58. The second-order valence-corrected chi connectivity index (χ2v) is 6.73. The fraction of sp³-hybridized carbons (Fsp3) is 0.190. The molecule has 1 unspecified atom stereocenters. The van der Waals surface area contributed by atoms with E-state index in [-0.39, 0.29) is 5.69 Å². The monoisotopic (exact) mass is 398 g/mol. The number of aryl methyl sites for hydroxylation is 2. The van der Waals surface area contributed by atoms with E-state index in [0.29, 0.717) is 22.5 Å². The summed E-state index contributed by atoms with van der Waals surface area (Å²) in [6.45, 7) is 4.86. The number of anilines is 2. The lowest BCUT2D eigenvalue weighted by atomic mass is 10.2. The van der Waals surface area contributed by atoms with Gasteiger partial charge in [0.2, 0.25) is 5.91 Å². The van der Waals surface area contributed by atoms with Crippen LogP contribution in [0.5, 0.6) is 0 Å². The maximum absolute atomic E-state index is 13.6. The van der Waals surface area contributed by atoms with Crippen molar-refractivity contribution in [2.45, 2.75) is 26.8 Å². The maximum Gasteiger partial charge on any atom is 0.276 e. The number of nitrogens with one attached hydrogen (secondary N) is 2. The van der Waals surface area contributed by atoms with Crippen LogP contribution in [-0.4, -0.2) is 21.6 Å². The Morgan fingerprint density at radius 3 is 2.03 bits per heavy atom. The van der Waals surface area contributed by atoms with E-state index in [1.165, 1.54) is 29.1 Å². The first-order chi connectivity index (χ1) is 13.7. The number of carbonyl (C=O) groups is 2. The molecule has 0 saturated heterocycles. The Kier molecular flexibility index (Phi) is 5.72. The summed E-state index contributed by atoms with van der Waals surface area (Å²) in [6, 6.07) is 9.50. The predicted octanol–water partition coefficient (Wildman–Crippen LogP) is 4.23. The summed E-state index contributed by atoms with van der Waals surface area (Å²) in [5.41, 5.74) is 1.66. The number of hydrogen-bond donors (Lipinski definition) is 2. The zero-order chi connectivity index (χ0) is 21.1. The van der Waals surface area contributed by atoms with E-state index in [4.69, 9.17) is 0 Å². The van der Waals surface area contributed by atoms with Crippen LogP contribution in [0.25, 0.3) is 0 Å². The summed E-state index contributed by atoms with van der Waals surface area (Å²) in [5.74, 6) is -1.78. The predicted molar refractivity (Wildman–Crippen MR) is 106 cm³/mol. The number of benzene rings is 2. The highest BCUT2D eigenvalue weighted by atomic mass is 19.1. The van der Waals surface area contributed by atoms with Gasteiger partial charge < -0.3 is 10.6 Å². The molecule has 0 saturated carbocycles. The Morgan fingerprint density at radius 2 is 1.48 bits per heavy atom. The molecule has 150 valence electrons. The van der Waals surface area contributed by atoms with E-state index in [9.17, 15) is 18.4 Å². The number of halogens is 2. The zero-order valence-corrected chi connectivity index (χ0v) is 16.2. The van der Waals surface area contributed by atoms with E-state index in [1.54, 1.807) is 45.0 Å². The van der Waals surface area contributed by atoms with E-state index < -0.39 is 29.5 Å². The number of amides is 2. The molecule has 1 aromatic heterocycles. The van der Waals surface area contributed by atoms with Gasteiger partial charge in [-0.1, -0.05) is 12.1 Å². The summed E-state index contributed by atoms with van der Waals surface area (Å²) >= 11 is 0. The van der Waals surface area contributed by atoms with Crippen LogP contribution < -0.4 is 10.6 Å². The third-order valence-corrected chi connectivity index (χ3v) is 4.49. The van der Waals surface area contributed by atoms with Crippen LogP contribution >= 0.6 is 0 Å². The molecule has 3 rings (SSSR count). The molecule has 1 heterocycles. The molecule has 2 N–H and O–H groups in total. The number of rotatable bonds is 5. The minimum Gasteiger partial charge on any atom is -0.324 e. The van der Waals surface area contributed by atoms with Crippen molar-refractivity contribution >= 4 is 23.2 Å². The van der Waals surface area contributed by atoms with Crippen LogP contribution in [0.3, 0.4) is 0 Å². The Labute approximate surface area is 166 Å². The summed E-state index contributed by atoms with van der Waals surface area (Å²) in [7, 11) is 0. The molecular formula is C21H20F2N4O2. The average Bonchev–Trinajstić information content (AvgIpc) is 3.17. The van der Waals surface area contributed by atoms with Crippen molar-refractivity contribution in [3.63, 3.8) is 0 Å². The van der Waals surface area contributed by atoms with E-state index in [0.717, 1.165) is 0 Å². The van der Waals surface area contributed by atoms with E-state index in [1.807, 2.05) is 0 Å². The average molecular weight is 398 g/mol. The van der Waals surface area contributed by atoms with Gasteiger partial charge in [0.15, 0.2) is 5.69 Å². The van der Waals surface area contributed by atoms with Gasteiger partial charge >= 0.3 is 0 Å². The Bertz CT molecular complexity index is 1080. The molecule has 0 bridgehead atoms. The number of aromatic nitrogens is 2. The number of hydrogen-bond acceptors (Lipinski definition) is 3. The Morgan fingerprint density at radius 1 is 0.931 bits per heavy atom. The highest BCUT2D eigenvalue weighted by Gasteiger charge is 2.19. The molecular weight excluding hydrogens is 378 g/mol. The van der Waals surface area contributed by atoms with Crippen LogP contribution in [0.2, 0.25) is 0 Å². The van der Waals surface area contributed by atoms with E-state index in [2.05, 4.69) is 15.7 Å². The van der Waals surface area contributed by atoms with Gasteiger partial charge in [-0.3, -0.25) is 14.3 Å². The van der Waals surface area contributed by atoms with Gasteiger partial charge in [-0.15, -0.1) is 0 Å². The van der Waals surface area contributed by atoms with Gasteiger partial charge in [0.25, 0.3) is 5.91 Å². The molecule has 2 aromatic carbocycles. The molecule has 2 amide bonds. The Balaban J connectivity index is 1.67. The topological polar surface area (TPSA) is 76.0 Å². The maximum atomic E-state index is 13.6. The van der Waals surface area contributed by atoms with Crippen molar-refractivity contribution in [3.8, 4) is 0 Å². The molecule has 3 aromatic rings. The highest BCUT2D eigenvalue weighted by molar-refractivity contribution is 6.02. The third kappa shape index (κ3) is 4.66. The van der Waals surface area contributed by atoms with Crippen molar-refractivity contribution in [1.82, 2.24) is 9.78 Å². The lowest BCUT2D eigenvalue weighted by molar-refractivity contribution is -0.119. The lowest BCUT2D eigenvalue weighted by Crippen LogP contribution is -2.24. The minimum absolute atomic E-state index is 0.0759. The van der Waals surface area contributed by atoms with Crippen molar-refractivity contribution in [2.75, 3.05) is 10.6 Å². The molecule has 29 heavy (non-hydrogen) atoms. The molecule has 0 aliphatic carbocycles. The molecule has 0 fully saturated rings. The first-order valence-corrected chi connectivity index (χ1v) is 8.94.